The Hall–Kier alpha value is -2.87. The van der Waals surface area contributed by atoms with Crippen molar-refractivity contribution in [2.75, 3.05) is 46.0 Å². The first kappa shape index (κ1) is 24.3. The molecule has 2 aromatic carbocycles. The molecule has 4 rings (SSSR count). The number of halogens is 1. The van der Waals surface area contributed by atoms with Gasteiger partial charge in [0, 0.05) is 36.8 Å². The van der Waals surface area contributed by atoms with E-state index in [9.17, 15) is 14.7 Å². The monoisotopic (exact) mass is 484 g/mol. The third-order valence-corrected chi connectivity index (χ3v) is 6.30. The molecule has 2 fully saturated rings. The first-order valence-electron chi connectivity index (χ1n) is 11.6. The maximum absolute atomic E-state index is 13.2. The molecule has 0 saturated carbocycles. The maximum Gasteiger partial charge on any atom is 0.295 e. The molecule has 0 radical (unpaired) electrons. The molecule has 180 valence electrons. The van der Waals surface area contributed by atoms with Crippen LogP contribution in [0.1, 0.15) is 30.5 Å². The van der Waals surface area contributed by atoms with Gasteiger partial charge in [0.15, 0.2) is 0 Å². The molecule has 34 heavy (non-hydrogen) atoms. The standard InChI is InChI=1S/C26H29ClN2O5/c1-2-14-34-21-8-6-18(7-9-21)24(30)22-23(19-4-3-5-20(27)17-19)29(26(32)25(22)31)11-10-28-12-15-33-16-13-28/h3-9,17,23,30H,2,10-16H2,1H3/b24-22+/t23-/m1/s1. The lowest BCUT2D eigenvalue weighted by Crippen LogP contribution is -2.42. The largest absolute Gasteiger partial charge is 0.507 e. The highest BCUT2D eigenvalue weighted by atomic mass is 35.5. The second-order valence-electron chi connectivity index (χ2n) is 8.37. The van der Waals surface area contributed by atoms with E-state index in [1.165, 1.54) is 4.90 Å². The van der Waals surface area contributed by atoms with Gasteiger partial charge in [-0.2, -0.15) is 0 Å². The number of aliphatic hydroxyl groups is 1. The average molecular weight is 485 g/mol. The third-order valence-electron chi connectivity index (χ3n) is 6.07. The van der Waals surface area contributed by atoms with E-state index < -0.39 is 17.7 Å². The number of ketones is 1. The van der Waals surface area contributed by atoms with E-state index in [1.807, 2.05) is 13.0 Å². The smallest absolute Gasteiger partial charge is 0.295 e. The molecular formula is C26H29ClN2O5. The molecule has 0 unspecified atom stereocenters. The van der Waals surface area contributed by atoms with Crippen molar-refractivity contribution in [2.24, 2.45) is 0 Å². The molecule has 1 amide bonds. The van der Waals surface area contributed by atoms with Gasteiger partial charge in [-0.1, -0.05) is 30.7 Å². The molecule has 0 aliphatic carbocycles. The van der Waals surface area contributed by atoms with Gasteiger partial charge in [-0.3, -0.25) is 14.5 Å². The number of carbonyl (C=O) groups is 2. The predicted octanol–water partition coefficient (Wildman–Crippen LogP) is 3.88. The van der Waals surface area contributed by atoms with Crippen LogP contribution in [0.15, 0.2) is 54.1 Å². The zero-order valence-corrected chi connectivity index (χ0v) is 20.0. The van der Waals surface area contributed by atoms with Gasteiger partial charge in [0.1, 0.15) is 11.5 Å². The van der Waals surface area contributed by atoms with E-state index >= 15 is 0 Å². The van der Waals surface area contributed by atoms with Gasteiger partial charge in [-0.15, -0.1) is 0 Å². The molecule has 0 spiro atoms. The number of Topliss-reactive ketones (excluding diaryl/α,β-unsaturated/α-hetero) is 1. The Morgan fingerprint density at radius 1 is 1.12 bits per heavy atom. The summed E-state index contributed by atoms with van der Waals surface area (Å²) < 4.78 is 11.0. The molecule has 0 bridgehead atoms. The van der Waals surface area contributed by atoms with Crippen LogP contribution in [0.3, 0.4) is 0 Å². The number of benzene rings is 2. The summed E-state index contributed by atoms with van der Waals surface area (Å²) >= 11 is 6.24. The van der Waals surface area contributed by atoms with E-state index in [0.29, 0.717) is 54.8 Å². The van der Waals surface area contributed by atoms with Crippen molar-refractivity contribution in [1.82, 2.24) is 9.80 Å². The molecular weight excluding hydrogens is 456 g/mol. The molecule has 2 aliphatic rings. The number of hydrogen-bond acceptors (Lipinski definition) is 6. The third kappa shape index (κ3) is 5.27. The van der Waals surface area contributed by atoms with Crippen LogP contribution in [-0.2, 0) is 14.3 Å². The molecule has 1 atom stereocenters. The van der Waals surface area contributed by atoms with Crippen molar-refractivity contribution < 1.29 is 24.2 Å². The summed E-state index contributed by atoms with van der Waals surface area (Å²) in [6.07, 6.45) is 0.884. The van der Waals surface area contributed by atoms with Gasteiger partial charge in [0.2, 0.25) is 0 Å². The fourth-order valence-corrected chi connectivity index (χ4v) is 4.49. The maximum atomic E-state index is 13.2. The van der Waals surface area contributed by atoms with E-state index in [4.69, 9.17) is 21.1 Å². The Morgan fingerprint density at radius 3 is 2.53 bits per heavy atom. The van der Waals surface area contributed by atoms with Crippen LogP contribution in [0.25, 0.3) is 5.76 Å². The molecule has 7 nitrogen and oxygen atoms in total. The molecule has 8 heteroatoms. The number of nitrogens with zero attached hydrogens (tertiary/aromatic N) is 2. The van der Waals surface area contributed by atoms with Crippen molar-refractivity contribution in [2.45, 2.75) is 19.4 Å². The van der Waals surface area contributed by atoms with Gasteiger partial charge < -0.3 is 19.5 Å². The van der Waals surface area contributed by atoms with Gasteiger partial charge in [-0.25, -0.2) is 0 Å². The van der Waals surface area contributed by atoms with Crippen LogP contribution in [0.5, 0.6) is 5.75 Å². The average Bonchev–Trinajstić information content (AvgIpc) is 3.11. The highest BCUT2D eigenvalue weighted by molar-refractivity contribution is 6.46. The summed E-state index contributed by atoms with van der Waals surface area (Å²) in [4.78, 5) is 30.0. The SMILES string of the molecule is CCCOc1ccc(/C(O)=C2\C(=O)C(=O)N(CCN3CCOCC3)[C@@H]2c2cccc(Cl)c2)cc1. The predicted molar refractivity (Wildman–Crippen MR) is 130 cm³/mol. The number of aliphatic hydroxyl groups excluding tert-OH is 1. The quantitative estimate of drug-likeness (QED) is 0.348. The zero-order chi connectivity index (χ0) is 24.1. The summed E-state index contributed by atoms with van der Waals surface area (Å²) in [5.74, 6) is -0.853. The fourth-order valence-electron chi connectivity index (χ4n) is 4.29. The normalized spacial score (nSPS) is 20.6. The number of ether oxygens (including phenoxy) is 2. The van der Waals surface area contributed by atoms with Crippen molar-refractivity contribution in [3.05, 3.63) is 70.3 Å². The topological polar surface area (TPSA) is 79.3 Å². The highest BCUT2D eigenvalue weighted by Gasteiger charge is 2.46. The lowest BCUT2D eigenvalue weighted by atomic mass is 9.95. The molecule has 0 aromatic heterocycles. The van der Waals surface area contributed by atoms with Crippen LogP contribution in [0.4, 0.5) is 0 Å². The van der Waals surface area contributed by atoms with Crippen LogP contribution in [0.2, 0.25) is 5.02 Å². The Bertz CT molecular complexity index is 1060. The van der Waals surface area contributed by atoms with Crippen LogP contribution < -0.4 is 4.74 Å². The Balaban J connectivity index is 1.68. The summed E-state index contributed by atoms with van der Waals surface area (Å²) in [7, 11) is 0. The van der Waals surface area contributed by atoms with Crippen molar-refractivity contribution in [1.29, 1.82) is 0 Å². The second kappa shape index (κ2) is 11.0. The van der Waals surface area contributed by atoms with Gasteiger partial charge in [0.25, 0.3) is 11.7 Å². The minimum atomic E-state index is -0.726. The summed E-state index contributed by atoms with van der Waals surface area (Å²) in [5, 5.41) is 11.7. The van der Waals surface area contributed by atoms with E-state index in [2.05, 4.69) is 4.90 Å². The molecule has 2 saturated heterocycles. The number of hydrogen-bond donors (Lipinski definition) is 1. The minimum absolute atomic E-state index is 0.0662. The van der Waals surface area contributed by atoms with Crippen molar-refractivity contribution >= 4 is 29.1 Å². The zero-order valence-electron chi connectivity index (χ0n) is 19.2. The van der Waals surface area contributed by atoms with E-state index in [1.54, 1.807) is 42.5 Å². The summed E-state index contributed by atoms with van der Waals surface area (Å²) in [6, 6.07) is 13.2. The molecule has 2 aromatic rings. The van der Waals surface area contributed by atoms with Crippen LogP contribution in [0, 0.1) is 0 Å². The van der Waals surface area contributed by atoms with Crippen molar-refractivity contribution in [3.8, 4) is 5.75 Å². The van der Waals surface area contributed by atoms with Gasteiger partial charge >= 0.3 is 0 Å². The Kier molecular flexibility index (Phi) is 7.88. The number of amides is 1. The number of morpholine rings is 1. The summed E-state index contributed by atoms with van der Waals surface area (Å²) in [6.45, 7) is 6.42. The molecule has 2 heterocycles. The van der Waals surface area contributed by atoms with Crippen molar-refractivity contribution in [3.63, 3.8) is 0 Å². The van der Waals surface area contributed by atoms with E-state index in [-0.39, 0.29) is 11.3 Å². The van der Waals surface area contributed by atoms with Gasteiger partial charge in [0.05, 0.1) is 31.4 Å². The summed E-state index contributed by atoms with van der Waals surface area (Å²) in [5.41, 5.74) is 1.19. The lowest BCUT2D eigenvalue weighted by Gasteiger charge is -2.31. The minimum Gasteiger partial charge on any atom is -0.507 e. The van der Waals surface area contributed by atoms with Crippen LogP contribution >= 0.6 is 11.6 Å². The molecule has 1 N–H and O–H groups in total. The fraction of sp³-hybridized carbons (Fsp3) is 0.385. The Labute approximate surface area is 204 Å². The highest BCUT2D eigenvalue weighted by Crippen LogP contribution is 2.40. The number of likely N-dealkylation sites (tertiary alicyclic amines) is 1. The Morgan fingerprint density at radius 2 is 1.85 bits per heavy atom. The van der Waals surface area contributed by atoms with Crippen LogP contribution in [-0.4, -0.2) is 72.6 Å². The second-order valence-corrected chi connectivity index (χ2v) is 8.81. The first-order valence-corrected chi connectivity index (χ1v) is 11.9. The first-order chi connectivity index (χ1) is 16.5. The van der Waals surface area contributed by atoms with Gasteiger partial charge in [-0.05, 0) is 48.4 Å². The number of carbonyl (C=O) groups excluding carboxylic acids is 2. The van der Waals surface area contributed by atoms with E-state index in [0.717, 1.165) is 19.5 Å². The number of rotatable bonds is 8. The lowest BCUT2D eigenvalue weighted by molar-refractivity contribution is -0.140. The molecule has 2 aliphatic heterocycles.